The Morgan fingerprint density at radius 3 is 2.67 bits per heavy atom. The van der Waals surface area contributed by atoms with Gasteiger partial charge in [0.05, 0.1) is 5.52 Å². The molecule has 0 fully saturated rings. The standard InChI is InChI=1S/C9H4Cl2N2O2/c10-4-1-2-6-5(3-4)7(8(14)15)13-9(11)12-6/h1-3H,(H,14,15). The number of hydrogen-bond acceptors (Lipinski definition) is 3. The zero-order valence-corrected chi connectivity index (χ0v) is 8.75. The molecule has 0 atom stereocenters. The minimum atomic E-state index is -1.16. The van der Waals surface area contributed by atoms with Gasteiger partial charge in [0.25, 0.3) is 0 Å². The summed E-state index contributed by atoms with van der Waals surface area (Å²) in [5.74, 6) is -1.16. The van der Waals surface area contributed by atoms with Gasteiger partial charge in [-0.2, -0.15) is 0 Å². The second kappa shape index (κ2) is 3.64. The third kappa shape index (κ3) is 1.86. The Balaban J connectivity index is 2.87. The summed E-state index contributed by atoms with van der Waals surface area (Å²) in [5, 5.41) is 9.61. The minimum Gasteiger partial charge on any atom is -0.476 e. The van der Waals surface area contributed by atoms with E-state index in [1.165, 1.54) is 6.07 Å². The molecule has 1 aromatic carbocycles. The third-order valence-electron chi connectivity index (χ3n) is 1.83. The van der Waals surface area contributed by atoms with Gasteiger partial charge in [-0.3, -0.25) is 0 Å². The first-order valence-electron chi connectivity index (χ1n) is 3.94. The van der Waals surface area contributed by atoms with E-state index in [-0.39, 0.29) is 11.0 Å². The quantitative estimate of drug-likeness (QED) is 0.782. The molecule has 1 aromatic heterocycles. The predicted molar refractivity (Wildman–Crippen MR) is 56.5 cm³/mol. The number of halogens is 2. The van der Waals surface area contributed by atoms with Crippen LogP contribution in [0.25, 0.3) is 10.9 Å². The number of fused-ring (bicyclic) bond motifs is 1. The maximum atomic E-state index is 10.9. The number of rotatable bonds is 1. The number of aromatic nitrogens is 2. The number of carboxylic acid groups (broad SMARTS) is 1. The fourth-order valence-corrected chi connectivity index (χ4v) is 1.58. The summed E-state index contributed by atoms with van der Waals surface area (Å²) in [4.78, 5) is 18.4. The van der Waals surface area contributed by atoms with E-state index >= 15 is 0 Å². The lowest BCUT2D eigenvalue weighted by Gasteiger charge is -2.02. The van der Waals surface area contributed by atoms with Crippen LogP contribution in [0, 0.1) is 0 Å². The maximum Gasteiger partial charge on any atom is 0.355 e. The number of aromatic carboxylic acids is 1. The van der Waals surface area contributed by atoms with Crippen molar-refractivity contribution in [1.82, 2.24) is 9.97 Å². The highest BCUT2D eigenvalue weighted by Crippen LogP contribution is 2.21. The van der Waals surface area contributed by atoms with Crippen LogP contribution in [0.15, 0.2) is 18.2 Å². The molecule has 0 saturated heterocycles. The molecule has 1 heterocycles. The van der Waals surface area contributed by atoms with E-state index in [0.29, 0.717) is 15.9 Å². The van der Waals surface area contributed by atoms with Crippen molar-refractivity contribution in [3.05, 3.63) is 34.2 Å². The molecule has 2 rings (SSSR count). The molecule has 1 N–H and O–H groups in total. The highest BCUT2D eigenvalue weighted by Gasteiger charge is 2.13. The number of nitrogens with zero attached hydrogens (tertiary/aromatic N) is 2. The van der Waals surface area contributed by atoms with Crippen LogP contribution in [0.1, 0.15) is 10.5 Å². The Morgan fingerprint density at radius 1 is 1.27 bits per heavy atom. The molecule has 0 aliphatic heterocycles. The summed E-state index contributed by atoms with van der Waals surface area (Å²) < 4.78 is 0. The lowest BCUT2D eigenvalue weighted by atomic mass is 10.2. The van der Waals surface area contributed by atoms with Crippen LogP contribution in [-0.2, 0) is 0 Å². The monoisotopic (exact) mass is 242 g/mol. The molecule has 15 heavy (non-hydrogen) atoms. The summed E-state index contributed by atoms with van der Waals surface area (Å²) in [5.41, 5.74) is 0.310. The second-order valence-corrected chi connectivity index (χ2v) is 3.58. The van der Waals surface area contributed by atoms with Gasteiger partial charge in [0.2, 0.25) is 5.28 Å². The molecule has 4 nitrogen and oxygen atoms in total. The first-order chi connectivity index (χ1) is 7.08. The summed E-state index contributed by atoms with van der Waals surface area (Å²) >= 11 is 11.3. The summed E-state index contributed by atoms with van der Waals surface area (Å²) in [7, 11) is 0. The topological polar surface area (TPSA) is 63.1 Å². The Hall–Kier alpha value is -1.39. The highest BCUT2D eigenvalue weighted by atomic mass is 35.5. The van der Waals surface area contributed by atoms with Crippen LogP contribution in [0.3, 0.4) is 0 Å². The molecule has 76 valence electrons. The first kappa shape index (κ1) is 10.1. The van der Waals surface area contributed by atoms with Gasteiger partial charge in [-0.25, -0.2) is 14.8 Å². The van der Waals surface area contributed by atoms with Crippen LogP contribution in [0.2, 0.25) is 10.3 Å². The third-order valence-corrected chi connectivity index (χ3v) is 2.24. The van der Waals surface area contributed by atoms with Gasteiger partial charge in [-0.05, 0) is 29.8 Å². The van der Waals surface area contributed by atoms with Gasteiger partial charge in [-0.15, -0.1) is 0 Å². The Kier molecular flexibility index (Phi) is 2.46. The highest BCUT2D eigenvalue weighted by molar-refractivity contribution is 6.31. The predicted octanol–water partition coefficient (Wildman–Crippen LogP) is 2.63. The average Bonchev–Trinajstić information content (AvgIpc) is 2.17. The normalized spacial score (nSPS) is 10.5. The molecule has 0 amide bonds. The molecule has 2 aromatic rings. The SMILES string of the molecule is O=C(O)c1nc(Cl)nc2ccc(Cl)cc12. The number of carbonyl (C=O) groups is 1. The van der Waals surface area contributed by atoms with Crippen molar-refractivity contribution in [2.45, 2.75) is 0 Å². The van der Waals surface area contributed by atoms with E-state index in [1.54, 1.807) is 12.1 Å². The van der Waals surface area contributed by atoms with Crippen molar-refractivity contribution < 1.29 is 9.90 Å². The Labute approximate surface area is 94.5 Å². The lowest BCUT2D eigenvalue weighted by molar-refractivity contribution is 0.0692. The average molecular weight is 243 g/mol. The molecule has 0 spiro atoms. The van der Waals surface area contributed by atoms with E-state index in [1.807, 2.05) is 0 Å². The van der Waals surface area contributed by atoms with Crippen LogP contribution in [0.5, 0.6) is 0 Å². The fourth-order valence-electron chi connectivity index (χ4n) is 1.24. The van der Waals surface area contributed by atoms with Crippen LogP contribution < -0.4 is 0 Å². The minimum absolute atomic E-state index is 0.0952. The van der Waals surface area contributed by atoms with Crippen molar-refractivity contribution in [2.75, 3.05) is 0 Å². The molecular weight excluding hydrogens is 239 g/mol. The molecule has 0 aliphatic carbocycles. The van der Waals surface area contributed by atoms with E-state index in [9.17, 15) is 4.79 Å². The van der Waals surface area contributed by atoms with Crippen molar-refractivity contribution in [2.24, 2.45) is 0 Å². The van der Waals surface area contributed by atoms with Crippen molar-refractivity contribution in [1.29, 1.82) is 0 Å². The van der Waals surface area contributed by atoms with Crippen molar-refractivity contribution in [3.63, 3.8) is 0 Å². The number of carboxylic acids is 1. The Bertz CT molecular complexity index is 557. The Morgan fingerprint density at radius 2 is 2.00 bits per heavy atom. The van der Waals surface area contributed by atoms with E-state index < -0.39 is 5.97 Å². The summed E-state index contributed by atoms with van der Waals surface area (Å²) in [6.45, 7) is 0. The smallest absolute Gasteiger partial charge is 0.355 e. The van der Waals surface area contributed by atoms with Gasteiger partial charge >= 0.3 is 5.97 Å². The van der Waals surface area contributed by atoms with Crippen molar-refractivity contribution >= 4 is 40.1 Å². The molecule has 0 unspecified atom stereocenters. The largest absolute Gasteiger partial charge is 0.476 e. The van der Waals surface area contributed by atoms with Gasteiger partial charge in [-0.1, -0.05) is 11.6 Å². The second-order valence-electron chi connectivity index (χ2n) is 2.81. The van der Waals surface area contributed by atoms with Crippen molar-refractivity contribution in [3.8, 4) is 0 Å². The molecule has 0 aliphatic rings. The summed E-state index contributed by atoms with van der Waals surface area (Å²) in [6, 6.07) is 4.70. The molecule has 0 radical (unpaired) electrons. The van der Waals surface area contributed by atoms with Crippen LogP contribution in [0.4, 0.5) is 0 Å². The summed E-state index contributed by atoms with van der Waals surface area (Å²) in [6.07, 6.45) is 0. The molecule has 6 heteroatoms. The number of hydrogen-bond donors (Lipinski definition) is 1. The fraction of sp³-hybridized carbons (Fsp3) is 0. The van der Waals surface area contributed by atoms with Gasteiger partial charge < -0.3 is 5.11 Å². The van der Waals surface area contributed by atoms with E-state index in [0.717, 1.165) is 0 Å². The zero-order chi connectivity index (χ0) is 11.0. The van der Waals surface area contributed by atoms with E-state index in [4.69, 9.17) is 28.3 Å². The first-order valence-corrected chi connectivity index (χ1v) is 4.69. The maximum absolute atomic E-state index is 10.9. The van der Waals surface area contributed by atoms with Gasteiger partial charge in [0, 0.05) is 10.4 Å². The molecule has 0 bridgehead atoms. The number of benzene rings is 1. The molecule has 0 saturated carbocycles. The van der Waals surface area contributed by atoms with Crippen LogP contribution in [-0.4, -0.2) is 21.0 Å². The van der Waals surface area contributed by atoms with Gasteiger partial charge in [0.15, 0.2) is 5.69 Å². The lowest BCUT2D eigenvalue weighted by Crippen LogP contribution is -2.03. The van der Waals surface area contributed by atoms with Crippen LogP contribution >= 0.6 is 23.2 Å². The van der Waals surface area contributed by atoms with Gasteiger partial charge in [0.1, 0.15) is 0 Å². The van der Waals surface area contributed by atoms with E-state index in [2.05, 4.69) is 9.97 Å². The zero-order valence-electron chi connectivity index (χ0n) is 7.24. The molecular formula is C9H4Cl2N2O2.